The van der Waals surface area contributed by atoms with Gasteiger partial charge in [-0.25, -0.2) is 4.98 Å². The van der Waals surface area contributed by atoms with E-state index in [-0.39, 0.29) is 0 Å². The molecule has 5 nitrogen and oxygen atoms in total. The van der Waals surface area contributed by atoms with E-state index in [0.29, 0.717) is 24.2 Å². The monoisotopic (exact) mass is 353 g/mol. The summed E-state index contributed by atoms with van der Waals surface area (Å²) in [6.45, 7) is 2.02. The lowest BCUT2D eigenvalue weighted by Gasteiger charge is -2.31. The smallest absolute Gasteiger partial charge is 0.0815 e. The third-order valence-corrected chi connectivity index (χ3v) is 5.99. The number of nitrogens with zero attached hydrogens (tertiary/aromatic N) is 3. The summed E-state index contributed by atoms with van der Waals surface area (Å²) in [6.07, 6.45) is 13.9. The highest BCUT2D eigenvalue weighted by atomic mass is 15.0. The Balaban J connectivity index is 1.57. The van der Waals surface area contributed by atoms with E-state index in [2.05, 4.69) is 16.7 Å². The number of hydrogen-bond donors (Lipinski definition) is 2. The maximum Gasteiger partial charge on any atom is 0.0815 e. The molecule has 1 aromatic rings. The van der Waals surface area contributed by atoms with E-state index in [9.17, 15) is 0 Å². The molecule has 2 aliphatic carbocycles. The molecule has 4 atom stereocenters. The molecule has 26 heavy (non-hydrogen) atoms. The van der Waals surface area contributed by atoms with Gasteiger partial charge in [-0.15, -0.1) is 0 Å². The highest BCUT2D eigenvalue weighted by molar-refractivity contribution is 5.81. The van der Waals surface area contributed by atoms with Gasteiger partial charge in [-0.05, 0) is 37.8 Å². The molecule has 0 amide bonds. The van der Waals surface area contributed by atoms with Crippen molar-refractivity contribution >= 4 is 12.4 Å². The fourth-order valence-corrected chi connectivity index (χ4v) is 4.53. The zero-order valence-corrected chi connectivity index (χ0v) is 15.6. The average molecular weight is 354 g/mol. The lowest BCUT2D eigenvalue weighted by atomic mass is 9.90. The van der Waals surface area contributed by atoms with E-state index in [0.717, 1.165) is 24.5 Å². The van der Waals surface area contributed by atoms with Gasteiger partial charge in [0, 0.05) is 37.6 Å². The molecule has 140 valence electrons. The van der Waals surface area contributed by atoms with Crippen LogP contribution in [0.25, 0.3) is 0 Å². The summed E-state index contributed by atoms with van der Waals surface area (Å²) >= 11 is 0. The largest absolute Gasteiger partial charge is 0.311 e. The number of aromatic nitrogens is 1. The molecule has 2 fully saturated rings. The van der Waals surface area contributed by atoms with Gasteiger partial charge in [0.25, 0.3) is 0 Å². The van der Waals surface area contributed by atoms with Gasteiger partial charge in [0.05, 0.1) is 23.5 Å². The summed E-state index contributed by atoms with van der Waals surface area (Å²) < 4.78 is 0. The Labute approximate surface area is 156 Å². The van der Waals surface area contributed by atoms with Gasteiger partial charge in [0.1, 0.15) is 0 Å². The van der Waals surface area contributed by atoms with Gasteiger partial charge in [0.15, 0.2) is 0 Å². The highest BCUT2D eigenvalue weighted by Crippen LogP contribution is 2.22. The molecule has 5 heteroatoms. The minimum Gasteiger partial charge on any atom is -0.311 e. The van der Waals surface area contributed by atoms with Gasteiger partial charge in [-0.3, -0.25) is 9.98 Å². The third-order valence-electron chi connectivity index (χ3n) is 5.99. The van der Waals surface area contributed by atoms with Crippen LogP contribution in [0.5, 0.6) is 0 Å². The van der Waals surface area contributed by atoms with Crippen LogP contribution in [0.3, 0.4) is 0 Å². The molecule has 1 aromatic heterocycles. The second-order valence-corrected chi connectivity index (χ2v) is 7.87. The van der Waals surface area contributed by atoms with Gasteiger partial charge in [-0.2, -0.15) is 0 Å². The molecule has 2 N–H and O–H groups in total. The van der Waals surface area contributed by atoms with Crippen LogP contribution in [0.15, 0.2) is 28.2 Å². The van der Waals surface area contributed by atoms with E-state index in [1.54, 1.807) is 0 Å². The molecule has 0 saturated heterocycles. The molecule has 1 aliphatic heterocycles. The van der Waals surface area contributed by atoms with Gasteiger partial charge in [-0.1, -0.05) is 31.7 Å². The van der Waals surface area contributed by atoms with Crippen LogP contribution >= 0.6 is 0 Å². The number of nitrogens with one attached hydrogen (secondary N) is 2. The zero-order valence-electron chi connectivity index (χ0n) is 15.6. The summed E-state index contributed by atoms with van der Waals surface area (Å²) in [5, 5.41) is 7.52. The van der Waals surface area contributed by atoms with Crippen LogP contribution in [0.2, 0.25) is 0 Å². The summed E-state index contributed by atoms with van der Waals surface area (Å²) in [7, 11) is 0. The Morgan fingerprint density at radius 2 is 1.19 bits per heavy atom. The van der Waals surface area contributed by atoms with Crippen LogP contribution < -0.4 is 10.6 Å². The number of fused-ring (bicyclic) bond motifs is 4. The molecular weight excluding hydrogens is 322 g/mol. The maximum atomic E-state index is 4.89. The fraction of sp³-hybridized carbons (Fsp3) is 0.667. The second-order valence-electron chi connectivity index (χ2n) is 7.87. The number of aliphatic imine (C=N–C) groups is 2. The fourth-order valence-electron chi connectivity index (χ4n) is 4.53. The lowest BCUT2D eigenvalue weighted by Crippen LogP contribution is -2.47. The average Bonchev–Trinajstić information content (AvgIpc) is 2.69. The Kier molecular flexibility index (Phi) is 6.07. The van der Waals surface area contributed by atoms with E-state index in [1.165, 1.54) is 51.4 Å². The van der Waals surface area contributed by atoms with Crippen molar-refractivity contribution in [3.05, 3.63) is 29.6 Å². The standard InChI is InChI=1S/C21H31N5/c1-3-10-20-18(8-1)22-12-13-23-19-9-2-4-11-21(19)25-15-17-7-5-6-16(26-17)14-24-20/h5-7,14-15,18-23H,1-4,8-13H2/t18-,19-,20?,21?/m1/s1. The van der Waals surface area contributed by atoms with Crippen LogP contribution in [-0.4, -0.2) is 54.7 Å². The second kappa shape index (κ2) is 8.87. The Hall–Kier alpha value is -1.59. The van der Waals surface area contributed by atoms with Crippen molar-refractivity contribution in [3.8, 4) is 0 Å². The first kappa shape index (κ1) is 17.8. The minimum absolute atomic E-state index is 0.371. The number of hydrogen-bond acceptors (Lipinski definition) is 5. The maximum absolute atomic E-state index is 4.89. The molecular formula is C21H31N5. The van der Waals surface area contributed by atoms with Crippen LogP contribution in [0, 0.1) is 0 Å². The van der Waals surface area contributed by atoms with Crippen LogP contribution in [0.1, 0.15) is 62.8 Å². The molecule has 4 rings (SSSR count). The number of pyridine rings is 1. The topological polar surface area (TPSA) is 61.7 Å². The third kappa shape index (κ3) is 4.57. The summed E-state index contributed by atoms with van der Waals surface area (Å²) in [5.74, 6) is 0. The normalized spacial score (nSPS) is 32.8. The highest BCUT2D eigenvalue weighted by Gasteiger charge is 2.25. The first-order valence-electron chi connectivity index (χ1n) is 10.4. The van der Waals surface area contributed by atoms with Crippen LogP contribution in [-0.2, 0) is 0 Å². The summed E-state index contributed by atoms with van der Waals surface area (Å²) in [4.78, 5) is 14.5. The molecule has 2 unspecified atom stereocenters. The van der Waals surface area contributed by atoms with E-state index >= 15 is 0 Å². The summed E-state index contributed by atoms with van der Waals surface area (Å²) in [5.41, 5.74) is 1.87. The van der Waals surface area contributed by atoms with E-state index < -0.39 is 0 Å². The molecule has 3 aliphatic rings. The molecule has 2 bridgehead atoms. The predicted molar refractivity (Wildman–Crippen MR) is 108 cm³/mol. The van der Waals surface area contributed by atoms with Crippen molar-refractivity contribution in [2.45, 2.75) is 75.5 Å². The van der Waals surface area contributed by atoms with Crippen molar-refractivity contribution in [2.24, 2.45) is 9.98 Å². The quantitative estimate of drug-likeness (QED) is 0.754. The van der Waals surface area contributed by atoms with Gasteiger partial charge >= 0.3 is 0 Å². The SMILES string of the molecule is C1=NC2CCCC[C@H]2NCCN[C@@H]2CCCCC2N=Cc2cccc1n2. The van der Waals surface area contributed by atoms with Crippen molar-refractivity contribution < 1.29 is 0 Å². The Bertz CT molecular complexity index is 590. The van der Waals surface area contributed by atoms with Crippen molar-refractivity contribution in [2.75, 3.05) is 13.1 Å². The van der Waals surface area contributed by atoms with Crippen LogP contribution in [0.4, 0.5) is 0 Å². The zero-order chi connectivity index (χ0) is 17.6. The van der Waals surface area contributed by atoms with E-state index in [4.69, 9.17) is 15.0 Å². The van der Waals surface area contributed by atoms with Gasteiger partial charge < -0.3 is 10.6 Å². The lowest BCUT2D eigenvalue weighted by molar-refractivity contribution is 0.308. The minimum atomic E-state index is 0.371. The van der Waals surface area contributed by atoms with Crippen molar-refractivity contribution in [1.82, 2.24) is 15.6 Å². The number of rotatable bonds is 0. The van der Waals surface area contributed by atoms with Crippen molar-refractivity contribution in [1.29, 1.82) is 0 Å². The molecule has 0 radical (unpaired) electrons. The Morgan fingerprint density at radius 1 is 0.692 bits per heavy atom. The molecule has 2 heterocycles. The first-order valence-corrected chi connectivity index (χ1v) is 10.4. The van der Waals surface area contributed by atoms with E-state index in [1.807, 2.05) is 24.6 Å². The molecule has 0 spiro atoms. The Morgan fingerprint density at radius 3 is 1.73 bits per heavy atom. The van der Waals surface area contributed by atoms with Crippen molar-refractivity contribution in [3.63, 3.8) is 0 Å². The summed E-state index contributed by atoms with van der Waals surface area (Å²) in [6, 6.07) is 7.86. The molecule has 0 aromatic carbocycles. The molecule has 2 saturated carbocycles. The first-order chi connectivity index (χ1) is 12.9. The predicted octanol–water partition coefficient (Wildman–Crippen LogP) is 2.73. The van der Waals surface area contributed by atoms with Gasteiger partial charge in [0.2, 0.25) is 0 Å².